The second-order valence-corrected chi connectivity index (χ2v) is 9.57. The van der Waals surface area contributed by atoms with Crippen molar-refractivity contribution in [3.05, 3.63) is 108 Å². The third-order valence-corrected chi connectivity index (χ3v) is 6.41. The van der Waals surface area contributed by atoms with Gasteiger partial charge in [0.05, 0.1) is 17.7 Å². The fraction of sp³-hybridized carbons (Fsp3) is 0.107. The Labute approximate surface area is 232 Å². The van der Waals surface area contributed by atoms with Crippen LogP contribution in [-0.2, 0) is 5.25 Å². The van der Waals surface area contributed by atoms with E-state index in [2.05, 4.69) is 30.6 Å². The lowest BCUT2D eigenvalue weighted by Crippen LogP contribution is -2.14. The van der Waals surface area contributed by atoms with E-state index in [0.29, 0.717) is 28.7 Å². The van der Waals surface area contributed by atoms with Crippen LogP contribution in [-0.4, -0.2) is 30.4 Å². The predicted octanol–water partition coefficient (Wildman–Crippen LogP) is 7.00. The van der Waals surface area contributed by atoms with Gasteiger partial charge < -0.3 is 15.2 Å². The summed E-state index contributed by atoms with van der Waals surface area (Å²) in [5.74, 6) is -0.227. The Kier molecular flexibility index (Phi) is 7.52. The van der Waals surface area contributed by atoms with Crippen LogP contribution in [0.4, 0.5) is 30.0 Å². The van der Waals surface area contributed by atoms with Crippen molar-refractivity contribution < 1.29 is 17.5 Å². The maximum Gasteiger partial charge on any atom is 0.348 e. The Morgan fingerprint density at radius 2 is 1.88 bits per heavy atom. The van der Waals surface area contributed by atoms with E-state index in [-0.39, 0.29) is 11.3 Å². The van der Waals surface area contributed by atoms with Crippen LogP contribution in [0.1, 0.15) is 27.2 Å². The van der Waals surface area contributed by atoms with Crippen LogP contribution in [0.2, 0.25) is 0 Å². The lowest BCUT2D eigenvalue weighted by Gasteiger charge is -2.16. The third kappa shape index (κ3) is 5.96. The van der Waals surface area contributed by atoms with Crippen LogP contribution in [0, 0.1) is 13.8 Å². The quantitative estimate of drug-likeness (QED) is 0.210. The van der Waals surface area contributed by atoms with Crippen molar-refractivity contribution >= 4 is 35.4 Å². The number of alkyl halides is 2. The van der Waals surface area contributed by atoms with E-state index in [1.54, 1.807) is 56.0 Å². The van der Waals surface area contributed by atoms with Crippen molar-refractivity contribution in [3.63, 3.8) is 0 Å². The molecule has 40 heavy (non-hydrogen) atoms. The minimum Gasteiger partial charge on any atom is -0.324 e. The van der Waals surface area contributed by atoms with Crippen LogP contribution in [0.5, 0.6) is 0 Å². The zero-order valence-corrected chi connectivity index (χ0v) is 22.1. The SMILES string of the molecule is Cc1cn(-c2cc(NC(=O)c3ccc(C)c(Nc4nccc(-c5cccnc5)n4)c3)cc(C(F)(F)SF)c2)cn1. The average Bonchev–Trinajstić information content (AvgIpc) is 3.41. The number of pyridine rings is 1. The fourth-order valence-electron chi connectivity index (χ4n) is 3.92. The number of halogens is 3. The van der Waals surface area contributed by atoms with Crippen molar-refractivity contribution in [2.45, 2.75) is 19.1 Å². The number of hydrogen-bond acceptors (Lipinski definition) is 7. The molecule has 3 aromatic heterocycles. The fourth-order valence-corrected chi connectivity index (χ4v) is 4.13. The summed E-state index contributed by atoms with van der Waals surface area (Å²) in [4.78, 5) is 30.2. The smallest absolute Gasteiger partial charge is 0.324 e. The van der Waals surface area contributed by atoms with Crippen LogP contribution >= 0.6 is 12.1 Å². The van der Waals surface area contributed by atoms with Crippen molar-refractivity contribution in [3.8, 4) is 16.9 Å². The number of benzene rings is 2. The Morgan fingerprint density at radius 1 is 1.02 bits per heavy atom. The first kappa shape index (κ1) is 26.9. The summed E-state index contributed by atoms with van der Waals surface area (Å²) in [6.45, 7) is 3.60. The maximum absolute atomic E-state index is 14.3. The van der Waals surface area contributed by atoms with Crippen molar-refractivity contribution in [1.29, 1.82) is 0 Å². The van der Waals surface area contributed by atoms with Gasteiger partial charge in [-0.2, -0.15) is 12.7 Å². The zero-order valence-electron chi connectivity index (χ0n) is 21.3. The van der Waals surface area contributed by atoms with Gasteiger partial charge in [-0.25, -0.2) is 15.0 Å². The number of carbonyl (C=O) groups excluding carboxylic acids is 1. The van der Waals surface area contributed by atoms with E-state index in [4.69, 9.17) is 0 Å². The lowest BCUT2D eigenvalue weighted by atomic mass is 10.1. The van der Waals surface area contributed by atoms with Gasteiger partial charge in [0.2, 0.25) is 5.95 Å². The molecule has 5 rings (SSSR count). The highest BCUT2D eigenvalue weighted by Crippen LogP contribution is 2.42. The Balaban J connectivity index is 1.41. The molecule has 0 bridgehead atoms. The highest BCUT2D eigenvalue weighted by Gasteiger charge is 2.34. The minimum absolute atomic E-state index is 0.0696. The summed E-state index contributed by atoms with van der Waals surface area (Å²) in [6, 6.07) is 14.1. The van der Waals surface area contributed by atoms with Gasteiger partial charge in [-0.1, -0.05) is 6.07 Å². The lowest BCUT2D eigenvalue weighted by molar-refractivity contribution is 0.100. The molecule has 0 radical (unpaired) electrons. The van der Waals surface area contributed by atoms with Gasteiger partial charge in [0.15, 0.2) is 0 Å². The van der Waals surface area contributed by atoms with Crippen molar-refractivity contribution in [1.82, 2.24) is 24.5 Å². The number of amides is 1. The highest BCUT2D eigenvalue weighted by atomic mass is 32.2. The van der Waals surface area contributed by atoms with Crippen molar-refractivity contribution in [2.75, 3.05) is 10.6 Å². The molecule has 2 aromatic carbocycles. The maximum atomic E-state index is 14.3. The van der Waals surface area contributed by atoms with Crippen LogP contribution in [0.15, 0.2) is 85.7 Å². The monoisotopic (exact) mass is 561 g/mol. The molecule has 0 saturated carbocycles. The van der Waals surface area contributed by atoms with E-state index in [1.807, 2.05) is 19.1 Å². The summed E-state index contributed by atoms with van der Waals surface area (Å²) >= 11 is -1.08. The topological polar surface area (TPSA) is 97.6 Å². The highest BCUT2D eigenvalue weighted by molar-refractivity contribution is 7.94. The third-order valence-electron chi connectivity index (χ3n) is 5.98. The largest absolute Gasteiger partial charge is 0.348 e. The molecular formula is C28H22F3N7OS. The van der Waals surface area contributed by atoms with E-state index in [9.17, 15) is 17.5 Å². The molecule has 0 aliphatic heterocycles. The van der Waals surface area contributed by atoms with Gasteiger partial charge in [-0.3, -0.25) is 9.78 Å². The number of aryl methyl sites for hydroxylation is 2. The molecule has 0 atom stereocenters. The first-order chi connectivity index (χ1) is 19.2. The Morgan fingerprint density at radius 3 is 2.60 bits per heavy atom. The summed E-state index contributed by atoms with van der Waals surface area (Å²) in [5.41, 5.74) is 3.58. The Hall–Kier alpha value is -4.71. The molecule has 202 valence electrons. The molecule has 8 nitrogen and oxygen atoms in total. The van der Waals surface area contributed by atoms with E-state index >= 15 is 0 Å². The van der Waals surface area contributed by atoms with Gasteiger partial charge in [-0.15, -0.1) is 0 Å². The molecule has 3 heterocycles. The molecule has 0 fully saturated rings. The number of nitrogens with one attached hydrogen (secondary N) is 2. The normalized spacial score (nSPS) is 11.3. The number of nitrogens with zero attached hydrogens (tertiary/aromatic N) is 5. The molecule has 0 spiro atoms. The number of imidazole rings is 1. The zero-order chi connectivity index (χ0) is 28.3. The number of carbonyl (C=O) groups is 1. The minimum atomic E-state index is -3.81. The Bertz CT molecular complexity index is 1680. The van der Waals surface area contributed by atoms with Crippen LogP contribution in [0.3, 0.4) is 0 Å². The molecule has 1 amide bonds. The van der Waals surface area contributed by atoms with E-state index < -0.39 is 28.9 Å². The van der Waals surface area contributed by atoms with Gasteiger partial charge in [-0.05, 0) is 67.9 Å². The molecule has 0 saturated heterocycles. The van der Waals surface area contributed by atoms with Crippen LogP contribution < -0.4 is 10.6 Å². The van der Waals surface area contributed by atoms with Gasteiger partial charge in [0.25, 0.3) is 5.91 Å². The van der Waals surface area contributed by atoms with E-state index in [0.717, 1.165) is 23.3 Å². The number of aromatic nitrogens is 5. The molecule has 2 N–H and O–H groups in total. The van der Waals surface area contributed by atoms with Gasteiger partial charge >= 0.3 is 5.25 Å². The van der Waals surface area contributed by atoms with Crippen molar-refractivity contribution in [2.24, 2.45) is 0 Å². The number of rotatable bonds is 8. The van der Waals surface area contributed by atoms with E-state index in [1.165, 1.54) is 17.0 Å². The van der Waals surface area contributed by atoms with Crippen LogP contribution in [0.25, 0.3) is 16.9 Å². The molecule has 0 aliphatic rings. The number of hydrogen-bond donors (Lipinski definition) is 2. The standard InChI is InChI=1S/C28H22F3N7OS/c1-17-5-6-19(10-25(17)37-27-33-9-7-24(36-27)20-4-3-8-32-14-20)26(39)35-22-11-21(28(29,30)40-31)12-23(13-22)38-15-18(2)34-16-38/h3-16H,1-2H3,(H,35,39)(H,33,36,37). The number of anilines is 3. The molecule has 12 heteroatoms. The van der Waals surface area contributed by atoms with Gasteiger partial charge in [0.1, 0.15) is 12.1 Å². The molecular weight excluding hydrogens is 539 g/mol. The summed E-state index contributed by atoms with van der Waals surface area (Å²) < 4.78 is 43.2. The molecule has 0 aliphatic carbocycles. The summed E-state index contributed by atoms with van der Waals surface area (Å²) in [6.07, 6.45) is 8.06. The molecule has 5 aromatic rings. The van der Waals surface area contributed by atoms with Gasteiger partial charge in [0, 0.05) is 58.5 Å². The second kappa shape index (κ2) is 11.2. The first-order valence-electron chi connectivity index (χ1n) is 12.0. The average molecular weight is 562 g/mol. The second-order valence-electron chi connectivity index (χ2n) is 8.90. The predicted molar refractivity (Wildman–Crippen MR) is 149 cm³/mol. The molecule has 0 unspecified atom stereocenters. The first-order valence-corrected chi connectivity index (χ1v) is 12.7. The summed E-state index contributed by atoms with van der Waals surface area (Å²) in [7, 11) is 0. The summed E-state index contributed by atoms with van der Waals surface area (Å²) in [5, 5.41) is 1.97.